The highest BCUT2D eigenvalue weighted by Crippen LogP contribution is 2.13. The molecular weight excluding hydrogens is 250 g/mol. The predicted octanol–water partition coefficient (Wildman–Crippen LogP) is 3.54. The van der Waals surface area contributed by atoms with Gasteiger partial charge in [-0.2, -0.15) is 11.8 Å². The molecule has 0 unspecified atom stereocenters. The summed E-state index contributed by atoms with van der Waals surface area (Å²) in [6.07, 6.45) is 3.18. The van der Waals surface area contributed by atoms with Crippen molar-refractivity contribution in [3.8, 4) is 0 Å². The maximum atomic E-state index is 5.68. The maximum absolute atomic E-state index is 5.68. The van der Waals surface area contributed by atoms with Crippen molar-refractivity contribution < 1.29 is 4.42 Å². The van der Waals surface area contributed by atoms with Crippen LogP contribution >= 0.6 is 23.1 Å². The summed E-state index contributed by atoms with van der Waals surface area (Å²) >= 11 is 3.60. The predicted molar refractivity (Wildman–Crippen MR) is 75.7 cm³/mol. The van der Waals surface area contributed by atoms with Crippen molar-refractivity contribution in [2.24, 2.45) is 0 Å². The van der Waals surface area contributed by atoms with E-state index >= 15 is 0 Å². The Kier molecular flexibility index (Phi) is 5.16. The lowest BCUT2D eigenvalue weighted by Gasteiger charge is -2.01. The summed E-state index contributed by atoms with van der Waals surface area (Å²) in [5.41, 5.74) is 0. The zero-order valence-corrected chi connectivity index (χ0v) is 11.6. The molecule has 0 fully saturated rings. The number of nitrogens with one attached hydrogen (secondary N) is 1. The fourth-order valence-corrected chi connectivity index (χ4v) is 2.76. The molecule has 2 rings (SSSR count). The third kappa shape index (κ3) is 4.22. The summed E-state index contributed by atoms with van der Waals surface area (Å²) < 4.78 is 5.68. The fraction of sp³-hybridized carbons (Fsp3) is 0.385. The van der Waals surface area contributed by atoms with Gasteiger partial charge in [0.1, 0.15) is 11.5 Å². The zero-order valence-electron chi connectivity index (χ0n) is 9.94. The van der Waals surface area contributed by atoms with E-state index in [2.05, 4.69) is 41.2 Å². The molecule has 0 aliphatic heterocycles. The molecule has 2 nitrogen and oxygen atoms in total. The molecule has 0 aromatic carbocycles. The number of furan rings is 1. The summed E-state index contributed by atoms with van der Waals surface area (Å²) in [6.45, 7) is 1.82. The zero-order chi connectivity index (χ0) is 11.9. The smallest absolute Gasteiger partial charge is 0.117 e. The Hall–Kier alpha value is -0.710. The molecule has 17 heavy (non-hydrogen) atoms. The van der Waals surface area contributed by atoms with Gasteiger partial charge in [0.15, 0.2) is 0 Å². The third-order valence-electron chi connectivity index (χ3n) is 2.43. The minimum atomic E-state index is 0.819. The van der Waals surface area contributed by atoms with Crippen LogP contribution in [0.25, 0.3) is 0 Å². The van der Waals surface area contributed by atoms with Crippen molar-refractivity contribution in [3.63, 3.8) is 0 Å². The van der Waals surface area contributed by atoms with Crippen molar-refractivity contribution in [1.82, 2.24) is 5.32 Å². The minimum absolute atomic E-state index is 0.819. The number of hydrogen-bond donors (Lipinski definition) is 1. The Balaban J connectivity index is 1.67. The fourth-order valence-electron chi connectivity index (χ4n) is 1.62. The van der Waals surface area contributed by atoms with Gasteiger partial charge in [0, 0.05) is 11.4 Å². The summed E-state index contributed by atoms with van der Waals surface area (Å²) in [6, 6.07) is 8.40. The van der Waals surface area contributed by atoms with Gasteiger partial charge in [-0.05, 0) is 36.3 Å². The highest BCUT2D eigenvalue weighted by atomic mass is 32.2. The van der Waals surface area contributed by atoms with Crippen LogP contribution in [-0.4, -0.2) is 12.8 Å². The van der Waals surface area contributed by atoms with Crippen LogP contribution in [0, 0.1) is 0 Å². The van der Waals surface area contributed by atoms with Gasteiger partial charge in [-0.15, -0.1) is 11.3 Å². The monoisotopic (exact) mass is 267 g/mol. The molecule has 2 aromatic rings. The van der Waals surface area contributed by atoms with Crippen LogP contribution in [0.3, 0.4) is 0 Å². The van der Waals surface area contributed by atoms with Gasteiger partial charge in [-0.25, -0.2) is 0 Å². The van der Waals surface area contributed by atoms with Crippen LogP contribution in [0.5, 0.6) is 0 Å². The van der Waals surface area contributed by atoms with E-state index in [0.29, 0.717) is 0 Å². The second-order valence-corrected chi connectivity index (χ2v) is 5.71. The molecule has 0 saturated heterocycles. The lowest BCUT2D eigenvalue weighted by molar-refractivity contribution is 0.460. The van der Waals surface area contributed by atoms with Crippen molar-refractivity contribution in [2.45, 2.75) is 18.7 Å². The molecule has 0 saturated carbocycles. The van der Waals surface area contributed by atoms with Crippen molar-refractivity contribution in [2.75, 3.05) is 12.8 Å². The van der Waals surface area contributed by atoms with Gasteiger partial charge in [0.25, 0.3) is 0 Å². The Labute approximate surface area is 110 Å². The Morgan fingerprint density at radius 1 is 1.29 bits per heavy atom. The second-order valence-electron chi connectivity index (χ2n) is 3.81. The second kappa shape index (κ2) is 6.89. The average Bonchev–Trinajstić information content (AvgIpc) is 2.96. The lowest BCUT2D eigenvalue weighted by Crippen LogP contribution is -2.15. The largest absolute Gasteiger partial charge is 0.464 e. The van der Waals surface area contributed by atoms with Crippen molar-refractivity contribution in [3.05, 3.63) is 46.0 Å². The molecule has 4 heteroatoms. The van der Waals surface area contributed by atoms with Gasteiger partial charge in [-0.1, -0.05) is 6.07 Å². The van der Waals surface area contributed by atoms with E-state index in [1.807, 2.05) is 11.3 Å². The van der Waals surface area contributed by atoms with Gasteiger partial charge in [-0.3, -0.25) is 0 Å². The van der Waals surface area contributed by atoms with Crippen LogP contribution in [0.4, 0.5) is 0 Å². The van der Waals surface area contributed by atoms with Crippen LogP contribution < -0.4 is 5.32 Å². The molecule has 2 heterocycles. The summed E-state index contributed by atoms with van der Waals surface area (Å²) in [5, 5.41) is 5.52. The highest BCUT2D eigenvalue weighted by molar-refractivity contribution is 7.97. The van der Waals surface area contributed by atoms with E-state index in [9.17, 15) is 0 Å². The first-order valence-corrected chi connectivity index (χ1v) is 7.95. The van der Waals surface area contributed by atoms with Crippen LogP contribution in [0.15, 0.2) is 34.1 Å². The SMILES string of the molecule is CSCc1ccc(CNCCc2cccs2)o1. The first kappa shape index (κ1) is 12.7. The Bertz CT molecular complexity index is 422. The highest BCUT2D eigenvalue weighted by Gasteiger charge is 2.01. The van der Waals surface area contributed by atoms with Crippen molar-refractivity contribution in [1.29, 1.82) is 0 Å². The quantitative estimate of drug-likeness (QED) is 0.777. The topological polar surface area (TPSA) is 25.2 Å². The number of thiophene rings is 1. The van der Waals surface area contributed by atoms with Gasteiger partial charge in [0.05, 0.1) is 12.3 Å². The van der Waals surface area contributed by atoms with E-state index in [1.165, 1.54) is 4.88 Å². The van der Waals surface area contributed by atoms with Crippen molar-refractivity contribution >= 4 is 23.1 Å². The Morgan fingerprint density at radius 3 is 2.94 bits per heavy atom. The van der Waals surface area contributed by atoms with E-state index in [-0.39, 0.29) is 0 Å². The van der Waals surface area contributed by atoms with E-state index in [1.54, 1.807) is 11.8 Å². The normalized spacial score (nSPS) is 10.9. The molecule has 0 radical (unpaired) electrons. The molecule has 92 valence electrons. The number of rotatable bonds is 7. The maximum Gasteiger partial charge on any atom is 0.117 e. The Morgan fingerprint density at radius 2 is 2.18 bits per heavy atom. The molecular formula is C13H17NOS2. The molecule has 0 spiro atoms. The first-order valence-electron chi connectivity index (χ1n) is 5.68. The third-order valence-corrected chi connectivity index (χ3v) is 3.94. The van der Waals surface area contributed by atoms with Gasteiger partial charge in [0.2, 0.25) is 0 Å². The van der Waals surface area contributed by atoms with E-state index < -0.39 is 0 Å². The standard InChI is InChI=1S/C13H17NOS2/c1-16-10-12-5-4-11(15-12)9-14-7-6-13-3-2-8-17-13/h2-5,8,14H,6-7,9-10H2,1H3. The molecule has 0 aliphatic carbocycles. The number of thioether (sulfide) groups is 1. The van der Waals surface area contributed by atoms with Crippen LogP contribution in [0.2, 0.25) is 0 Å². The summed E-state index contributed by atoms with van der Waals surface area (Å²) in [4.78, 5) is 1.43. The number of hydrogen-bond acceptors (Lipinski definition) is 4. The van der Waals surface area contributed by atoms with Crippen LogP contribution in [-0.2, 0) is 18.7 Å². The van der Waals surface area contributed by atoms with Gasteiger partial charge >= 0.3 is 0 Å². The molecule has 0 aliphatic rings. The molecule has 0 amide bonds. The molecule has 2 aromatic heterocycles. The molecule has 0 bridgehead atoms. The minimum Gasteiger partial charge on any atom is -0.464 e. The van der Waals surface area contributed by atoms with Crippen LogP contribution in [0.1, 0.15) is 16.4 Å². The summed E-state index contributed by atoms with van der Waals surface area (Å²) in [5.74, 6) is 3.04. The summed E-state index contributed by atoms with van der Waals surface area (Å²) in [7, 11) is 0. The molecule has 1 N–H and O–H groups in total. The molecule has 0 atom stereocenters. The van der Waals surface area contributed by atoms with E-state index in [4.69, 9.17) is 4.42 Å². The lowest BCUT2D eigenvalue weighted by atomic mass is 10.3. The van der Waals surface area contributed by atoms with E-state index in [0.717, 1.165) is 36.8 Å². The average molecular weight is 267 g/mol. The first-order chi connectivity index (χ1) is 8.38. The van der Waals surface area contributed by atoms with Gasteiger partial charge < -0.3 is 9.73 Å².